The van der Waals surface area contributed by atoms with Crippen LogP contribution in [0, 0.1) is 11.6 Å². The topological polar surface area (TPSA) is 35.4 Å². The van der Waals surface area contributed by atoms with E-state index in [2.05, 4.69) is 4.40 Å². The third-order valence-electron chi connectivity index (χ3n) is 2.02. The van der Waals surface area contributed by atoms with Crippen molar-refractivity contribution in [2.75, 3.05) is 0 Å². The van der Waals surface area contributed by atoms with Crippen LogP contribution in [0.25, 0.3) is 0 Å². The lowest BCUT2D eigenvalue weighted by atomic mass is 10.1. The molecule has 0 amide bonds. The Kier molecular flexibility index (Phi) is 4.65. The first kappa shape index (κ1) is 14.1. The number of rotatable bonds is 3. The highest BCUT2D eigenvalue weighted by Gasteiger charge is 2.25. The fourth-order valence-corrected chi connectivity index (χ4v) is 1.57. The smallest absolute Gasteiger partial charge is 0.144 e. The van der Waals surface area contributed by atoms with Gasteiger partial charge in [0.2, 0.25) is 0 Å². The van der Waals surface area contributed by atoms with Gasteiger partial charge in [0, 0.05) is 12.5 Å². The van der Waals surface area contributed by atoms with Gasteiger partial charge in [-0.3, -0.25) is 0 Å². The van der Waals surface area contributed by atoms with Gasteiger partial charge in [0.25, 0.3) is 0 Å². The second-order valence-corrected chi connectivity index (χ2v) is 6.52. The summed E-state index contributed by atoms with van der Waals surface area (Å²) < 4.78 is 40.8. The molecule has 1 rings (SSSR count). The van der Waals surface area contributed by atoms with Crippen LogP contribution in [-0.2, 0) is 17.8 Å². The van der Waals surface area contributed by atoms with Gasteiger partial charge in [-0.15, -0.1) is 0 Å². The molecule has 0 unspecified atom stereocenters. The number of hydrogen-bond donors (Lipinski definition) is 0. The van der Waals surface area contributed by atoms with Gasteiger partial charge in [-0.05, 0) is 32.4 Å². The molecule has 0 fully saturated rings. The predicted molar refractivity (Wildman–Crippen MR) is 66.4 cm³/mol. The van der Waals surface area contributed by atoms with Gasteiger partial charge in [-0.1, -0.05) is 10.5 Å². The van der Waals surface area contributed by atoms with E-state index in [1.165, 1.54) is 18.3 Å². The molecule has 0 radical (unpaired) electrons. The largest absolute Gasteiger partial charge is 0.591 e. The molecule has 5 heteroatoms. The highest BCUT2D eigenvalue weighted by Crippen LogP contribution is 2.16. The standard InChI is InChI=1S/C12H15F2NOS/c1-12(2,3)17(16)15-7-6-9-4-5-10(13)8-11(9)14/h4-5,7-8H,6H2,1-3H3/b15-7+/t17-/m1/s1. The zero-order valence-electron chi connectivity index (χ0n) is 10.0. The molecule has 0 saturated heterocycles. The van der Waals surface area contributed by atoms with E-state index in [-0.39, 0.29) is 6.42 Å². The SMILES string of the molecule is CC(C)(C)[S@@+]([O-])/N=C/Cc1ccc(F)cc1F. The van der Waals surface area contributed by atoms with Crippen LogP contribution in [0.2, 0.25) is 0 Å². The Hall–Kier alpha value is -0.940. The minimum absolute atomic E-state index is 0.202. The van der Waals surface area contributed by atoms with E-state index in [0.29, 0.717) is 5.56 Å². The average Bonchev–Trinajstić information content (AvgIpc) is 2.19. The van der Waals surface area contributed by atoms with Crippen LogP contribution in [-0.4, -0.2) is 15.5 Å². The molecule has 0 aliphatic rings. The van der Waals surface area contributed by atoms with Crippen molar-refractivity contribution in [3.8, 4) is 0 Å². The Morgan fingerprint density at radius 1 is 1.35 bits per heavy atom. The van der Waals surface area contributed by atoms with Gasteiger partial charge in [0.1, 0.15) is 27.7 Å². The summed E-state index contributed by atoms with van der Waals surface area (Å²) in [7, 11) is 0. The van der Waals surface area contributed by atoms with Crippen molar-refractivity contribution in [3.63, 3.8) is 0 Å². The first-order chi connectivity index (χ1) is 7.80. The molecule has 1 aromatic rings. The summed E-state index contributed by atoms with van der Waals surface area (Å²) in [5.74, 6) is -1.22. The van der Waals surface area contributed by atoms with Crippen molar-refractivity contribution < 1.29 is 13.3 Å². The van der Waals surface area contributed by atoms with Gasteiger partial charge in [0.15, 0.2) is 0 Å². The lowest BCUT2D eigenvalue weighted by molar-refractivity contribution is 0.561. The maximum Gasteiger partial charge on any atom is 0.144 e. The molecule has 2 nitrogen and oxygen atoms in total. The molecule has 0 spiro atoms. The Morgan fingerprint density at radius 3 is 2.53 bits per heavy atom. The first-order valence-electron chi connectivity index (χ1n) is 5.19. The number of nitrogens with zero attached hydrogens (tertiary/aromatic N) is 1. The van der Waals surface area contributed by atoms with Crippen LogP contribution in [0.3, 0.4) is 0 Å². The zero-order valence-corrected chi connectivity index (χ0v) is 10.9. The first-order valence-corrected chi connectivity index (χ1v) is 6.30. The van der Waals surface area contributed by atoms with E-state index in [1.54, 1.807) is 20.8 Å². The molecule has 0 aromatic heterocycles. The summed E-state index contributed by atoms with van der Waals surface area (Å²) in [6.07, 6.45) is 1.60. The normalized spacial score (nSPS) is 14.2. The quantitative estimate of drug-likeness (QED) is 0.607. The summed E-state index contributed by atoms with van der Waals surface area (Å²) >= 11 is -1.35. The molecule has 1 atom stereocenters. The van der Waals surface area contributed by atoms with Gasteiger partial charge in [0.05, 0.1) is 6.21 Å². The lowest BCUT2D eigenvalue weighted by Gasteiger charge is -2.17. The maximum absolute atomic E-state index is 13.2. The van der Waals surface area contributed by atoms with E-state index < -0.39 is 27.7 Å². The molecule has 0 aliphatic carbocycles. The molecule has 0 heterocycles. The van der Waals surface area contributed by atoms with Crippen molar-refractivity contribution in [3.05, 3.63) is 35.4 Å². The molecule has 0 aliphatic heterocycles. The Labute approximate surface area is 103 Å². The molecular weight excluding hydrogens is 244 g/mol. The molecule has 0 saturated carbocycles. The van der Waals surface area contributed by atoms with E-state index in [4.69, 9.17) is 0 Å². The Morgan fingerprint density at radius 2 is 2.00 bits per heavy atom. The summed E-state index contributed by atoms with van der Waals surface area (Å²) in [5, 5.41) is 0. The minimum Gasteiger partial charge on any atom is -0.591 e. The fraction of sp³-hybridized carbons (Fsp3) is 0.417. The summed E-state index contributed by atoms with van der Waals surface area (Å²) in [6.45, 7) is 5.41. The molecule has 94 valence electrons. The monoisotopic (exact) mass is 259 g/mol. The molecule has 0 bridgehead atoms. The van der Waals surface area contributed by atoms with Crippen molar-refractivity contribution in [2.24, 2.45) is 4.40 Å². The molecule has 1 aromatic carbocycles. The lowest BCUT2D eigenvalue weighted by Crippen LogP contribution is -2.25. The average molecular weight is 259 g/mol. The fourth-order valence-electron chi connectivity index (χ4n) is 1.05. The van der Waals surface area contributed by atoms with E-state index in [0.717, 1.165) is 6.07 Å². The van der Waals surface area contributed by atoms with Crippen molar-refractivity contribution in [1.82, 2.24) is 0 Å². The van der Waals surface area contributed by atoms with Crippen molar-refractivity contribution in [1.29, 1.82) is 0 Å². The van der Waals surface area contributed by atoms with Crippen LogP contribution in [0.1, 0.15) is 26.3 Å². The molecular formula is C12H15F2NOS. The Balaban J connectivity index is 2.65. The van der Waals surface area contributed by atoms with E-state index >= 15 is 0 Å². The highest BCUT2D eigenvalue weighted by atomic mass is 32.2. The minimum atomic E-state index is -1.35. The maximum atomic E-state index is 13.2. The van der Waals surface area contributed by atoms with Crippen molar-refractivity contribution >= 4 is 17.6 Å². The number of halogens is 2. The molecule has 0 N–H and O–H groups in total. The zero-order chi connectivity index (χ0) is 13.1. The van der Waals surface area contributed by atoms with Gasteiger partial charge in [-0.2, -0.15) is 0 Å². The van der Waals surface area contributed by atoms with E-state index in [9.17, 15) is 13.3 Å². The summed E-state index contributed by atoms with van der Waals surface area (Å²) in [6, 6.07) is 3.37. The predicted octanol–water partition coefficient (Wildman–Crippen LogP) is 3.04. The Bertz CT molecular complexity index is 415. The molecule has 17 heavy (non-hydrogen) atoms. The van der Waals surface area contributed by atoms with Crippen LogP contribution in [0.4, 0.5) is 8.78 Å². The highest BCUT2D eigenvalue weighted by molar-refractivity contribution is 7.91. The third kappa shape index (κ3) is 4.44. The second kappa shape index (κ2) is 5.60. The van der Waals surface area contributed by atoms with Crippen LogP contribution < -0.4 is 0 Å². The van der Waals surface area contributed by atoms with Gasteiger partial charge >= 0.3 is 0 Å². The van der Waals surface area contributed by atoms with Crippen molar-refractivity contribution in [2.45, 2.75) is 31.9 Å². The second-order valence-electron chi connectivity index (χ2n) is 4.59. The third-order valence-corrected chi connectivity index (χ3v) is 3.41. The summed E-state index contributed by atoms with van der Waals surface area (Å²) in [5.41, 5.74) is 0.334. The van der Waals surface area contributed by atoms with Gasteiger partial charge < -0.3 is 4.55 Å². The van der Waals surface area contributed by atoms with E-state index in [1.807, 2.05) is 0 Å². The number of benzene rings is 1. The number of hydrogen-bond acceptors (Lipinski definition) is 2. The van der Waals surface area contributed by atoms with Crippen LogP contribution >= 0.6 is 0 Å². The van der Waals surface area contributed by atoms with Crippen LogP contribution in [0.15, 0.2) is 22.6 Å². The summed E-state index contributed by atoms with van der Waals surface area (Å²) in [4.78, 5) is 0. The van der Waals surface area contributed by atoms with Gasteiger partial charge in [-0.25, -0.2) is 8.78 Å². The van der Waals surface area contributed by atoms with Crippen LogP contribution in [0.5, 0.6) is 0 Å².